The number of ether oxygens (including phenoxy) is 2. The molecule has 1 saturated heterocycles. The molecule has 1 aliphatic rings. The molecule has 4 rings (SSSR count). The van der Waals surface area contributed by atoms with Gasteiger partial charge < -0.3 is 30.3 Å². The van der Waals surface area contributed by atoms with Crippen LogP contribution >= 0.6 is 23.2 Å². The Hall–Kier alpha value is -3.60. The van der Waals surface area contributed by atoms with Crippen molar-refractivity contribution >= 4 is 46.6 Å². The van der Waals surface area contributed by atoms with Crippen LogP contribution in [0, 0.1) is 5.41 Å². The Morgan fingerprint density at radius 3 is 2.26 bits per heavy atom. The first-order chi connectivity index (χ1) is 18.3. The van der Waals surface area contributed by atoms with Crippen LogP contribution in [-0.4, -0.2) is 73.6 Å². The number of piperazine rings is 1. The van der Waals surface area contributed by atoms with Crippen LogP contribution in [0.1, 0.15) is 22.8 Å². The summed E-state index contributed by atoms with van der Waals surface area (Å²) in [5.41, 5.74) is 7.47. The highest BCUT2D eigenvalue weighted by molar-refractivity contribution is 6.41. The molecule has 3 heterocycles. The van der Waals surface area contributed by atoms with Crippen LogP contribution < -0.4 is 25.4 Å². The van der Waals surface area contributed by atoms with Crippen molar-refractivity contribution in [2.45, 2.75) is 6.92 Å². The van der Waals surface area contributed by atoms with Crippen LogP contribution in [0.15, 0.2) is 36.5 Å². The third-order valence-corrected chi connectivity index (χ3v) is 7.17. The Labute approximate surface area is 231 Å². The Kier molecular flexibility index (Phi) is 8.55. The molecule has 3 aromatic rings. The van der Waals surface area contributed by atoms with Gasteiger partial charge in [0.1, 0.15) is 29.0 Å². The highest BCUT2D eigenvalue weighted by Gasteiger charge is 2.22. The molecule has 200 valence electrons. The van der Waals surface area contributed by atoms with Crippen molar-refractivity contribution in [1.29, 1.82) is 5.41 Å². The second kappa shape index (κ2) is 11.8. The smallest absolute Gasteiger partial charge is 0.258 e. The van der Waals surface area contributed by atoms with E-state index in [2.05, 4.69) is 32.0 Å². The predicted molar refractivity (Wildman–Crippen MR) is 150 cm³/mol. The lowest BCUT2D eigenvalue weighted by atomic mass is 10.1. The van der Waals surface area contributed by atoms with Crippen LogP contribution in [0.2, 0.25) is 10.0 Å². The van der Waals surface area contributed by atoms with Crippen molar-refractivity contribution in [3.63, 3.8) is 0 Å². The van der Waals surface area contributed by atoms with E-state index in [0.717, 1.165) is 38.5 Å². The number of anilines is 2. The van der Waals surface area contributed by atoms with E-state index >= 15 is 0 Å². The van der Waals surface area contributed by atoms with Gasteiger partial charge in [-0.25, -0.2) is 9.97 Å². The monoisotopic (exact) mass is 557 g/mol. The maximum Gasteiger partial charge on any atom is 0.258 e. The lowest BCUT2D eigenvalue weighted by molar-refractivity contribution is 0.0976. The summed E-state index contributed by atoms with van der Waals surface area (Å²) in [4.78, 5) is 26.2. The number of rotatable bonds is 7. The molecule has 12 heteroatoms. The van der Waals surface area contributed by atoms with Gasteiger partial charge in [-0.3, -0.25) is 10.2 Å². The number of pyridine rings is 2. The highest BCUT2D eigenvalue weighted by Crippen LogP contribution is 2.45. The van der Waals surface area contributed by atoms with Gasteiger partial charge in [0.25, 0.3) is 5.91 Å². The molecular weight excluding hydrogens is 529 g/mol. The lowest BCUT2D eigenvalue weighted by Crippen LogP contribution is -2.46. The van der Waals surface area contributed by atoms with E-state index in [-0.39, 0.29) is 27.3 Å². The SMILES string of the molecule is CCN1CCN(c2ccc(C(=O)NC(=N)c3ccc(-c4c(Cl)c(OC)cc(OC)c4Cl)nc3N)cn2)CC1. The molecule has 2 aromatic heterocycles. The molecule has 0 bridgehead atoms. The summed E-state index contributed by atoms with van der Waals surface area (Å²) >= 11 is 13.0. The fourth-order valence-electron chi connectivity index (χ4n) is 4.19. The minimum absolute atomic E-state index is 0.0152. The summed E-state index contributed by atoms with van der Waals surface area (Å²) in [6, 6.07) is 8.26. The molecule has 4 N–H and O–H groups in total. The number of nitrogens with zero attached hydrogens (tertiary/aromatic N) is 4. The van der Waals surface area contributed by atoms with E-state index in [1.54, 1.807) is 24.3 Å². The molecule has 0 unspecified atom stereocenters. The molecule has 0 aliphatic carbocycles. The van der Waals surface area contributed by atoms with Crippen LogP contribution in [0.3, 0.4) is 0 Å². The quantitative estimate of drug-likeness (QED) is 0.294. The van der Waals surface area contributed by atoms with E-state index < -0.39 is 5.91 Å². The van der Waals surface area contributed by atoms with Gasteiger partial charge in [-0.05, 0) is 30.8 Å². The third kappa shape index (κ3) is 5.62. The number of likely N-dealkylation sites (N-methyl/N-ethyl adjacent to an activating group) is 1. The zero-order chi connectivity index (χ0) is 27.4. The molecular formula is C26H29Cl2N7O3. The molecule has 0 saturated carbocycles. The van der Waals surface area contributed by atoms with E-state index in [0.29, 0.717) is 28.3 Å². The molecule has 10 nitrogen and oxygen atoms in total. The Balaban J connectivity index is 1.48. The lowest BCUT2D eigenvalue weighted by Gasteiger charge is -2.34. The standard InChI is InChI=1S/C26H29Cl2N7O3/c1-4-34-9-11-35(12-10-34)20-8-5-15(14-31-20)26(36)33-25(30)16-6-7-17(32-24(16)29)21-22(27)18(37-2)13-19(38-3)23(21)28/h5-8,13-14H,4,9-12H2,1-3H3,(H2,29,32)(H2,30,33,36). The second-order valence-electron chi connectivity index (χ2n) is 8.57. The first-order valence-electron chi connectivity index (χ1n) is 12.0. The first-order valence-corrected chi connectivity index (χ1v) is 12.7. The largest absolute Gasteiger partial charge is 0.495 e. The minimum atomic E-state index is -0.475. The van der Waals surface area contributed by atoms with Crippen molar-refractivity contribution in [3.8, 4) is 22.8 Å². The van der Waals surface area contributed by atoms with Gasteiger partial charge in [0.15, 0.2) is 0 Å². The van der Waals surface area contributed by atoms with Crippen LogP contribution in [-0.2, 0) is 0 Å². The van der Waals surface area contributed by atoms with Crippen LogP contribution in [0.4, 0.5) is 11.6 Å². The average Bonchev–Trinajstić information content (AvgIpc) is 2.93. The van der Waals surface area contributed by atoms with Crippen molar-refractivity contribution in [2.75, 3.05) is 57.6 Å². The Morgan fingerprint density at radius 2 is 1.74 bits per heavy atom. The summed E-state index contributed by atoms with van der Waals surface area (Å²) in [7, 11) is 2.95. The van der Waals surface area contributed by atoms with Gasteiger partial charge in [0, 0.05) is 44.0 Å². The first kappa shape index (κ1) is 27.4. The van der Waals surface area contributed by atoms with Crippen molar-refractivity contribution in [1.82, 2.24) is 20.2 Å². The number of methoxy groups -OCH3 is 2. The zero-order valence-corrected chi connectivity index (χ0v) is 22.9. The summed E-state index contributed by atoms with van der Waals surface area (Å²) in [5, 5.41) is 11.4. The normalized spacial score (nSPS) is 13.8. The Bertz CT molecular complexity index is 1320. The molecule has 0 atom stereocenters. The number of carbonyl (C=O) groups excluding carboxylic acids is 1. The molecule has 1 aliphatic heterocycles. The van der Waals surface area contributed by atoms with Gasteiger partial charge in [-0.2, -0.15) is 0 Å². The van der Waals surface area contributed by atoms with E-state index in [1.807, 2.05) is 6.07 Å². The minimum Gasteiger partial charge on any atom is -0.495 e. The van der Waals surface area contributed by atoms with Crippen LogP contribution in [0.5, 0.6) is 11.5 Å². The number of amides is 1. The van der Waals surface area contributed by atoms with E-state index in [4.69, 9.17) is 43.8 Å². The number of nitrogens with one attached hydrogen (secondary N) is 2. The number of hydrogen-bond acceptors (Lipinski definition) is 9. The molecule has 0 spiro atoms. The number of aromatic nitrogens is 2. The maximum absolute atomic E-state index is 12.8. The molecule has 0 radical (unpaired) electrons. The number of halogens is 2. The van der Waals surface area contributed by atoms with Gasteiger partial charge >= 0.3 is 0 Å². The van der Waals surface area contributed by atoms with Crippen LogP contribution in [0.25, 0.3) is 11.3 Å². The van der Waals surface area contributed by atoms with Crippen molar-refractivity contribution in [3.05, 3.63) is 57.7 Å². The fraction of sp³-hybridized carbons (Fsp3) is 0.308. The fourth-order valence-corrected chi connectivity index (χ4v) is 4.88. The summed E-state index contributed by atoms with van der Waals surface area (Å²) < 4.78 is 10.6. The highest BCUT2D eigenvalue weighted by atomic mass is 35.5. The third-order valence-electron chi connectivity index (χ3n) is 6.42. The summed E-state index contributed by atoms with van der Waals surface area (Å²) in [6.07, 6.45) is 1.51. The summed E-state index contributed by atoms with van der Waals surface area (Å²) in [5.74, 6) is 0.874. The molecule has 1 aromatic carbocycles. The number of carbonyl (C=O) groups is 1. The molecule has 1 fully saturated rings. The van der Waals surface area contributed by atoms with Crippen molar-refractivity contribution in [2.24, 2.45) is 0 Å². The second-order valence-corrected chi connectivity index (χ2v) is 9.32. The summed E-state index contributed by atoms with van der Waals surface area (Å²) in [6.45, 7) is 6.92. The topological polar surface area (TPSA) is 130 Å². The molecule has 38 heavy (non-hydrogen) atoms. The number of nitrogens with two attached hydrogens (primary N) is 1. The molecule has 1 amide bonds. The maximum atomic E-state index is 12.8. The zero-order valence-electron chi connectivity index (χ0n) is 21.3. The number of benzene rings is 1. The number of nitrogen functional groups attached to an aromatic ring is 1. The Morgan fingerprint density at radius 1 is 1.08 bits per heavy atom. The van der Waals surface area contributed by atoms with Crippen molar-refractivity contribution < 1.29 is 14.3 Å². The average molecular weight is 558 g/mol. The van der Waals surface area contributed by atoms with Gasteiger partial charge in [0.05, 0.1) is 41.1 Å². The van der Waals surface area contributed by atoms with Gasteiger partial charge in [-0.1, -0.05) is 30.1 Å². The van der Waals surface area contributed by atoms with Gasteiger partial charge in [0.2, 0.25) is 0 Å². The predicted octanol–water partition coefficient (Wildman–Crippen LogP) is 3.95. The van der Waals surface area contributed by atoms with Gasteiger partial charge in [-0.15, -0.1) is 0 Å². The number of amidine groups is 1. The van der Waals surface area contributed by atoms with E-state index in [1.165, 1.54) is 20.4 Å². The number of hydrogen-bond donors (Lipinski definition) is 3. The van der Waals surface area contributed by atoms with E-state index in [9.17, 15) is 4.79 Å².